The zero-order valence-corrected chi connectivity index (χ0v) is 24.3. The van der Waals surface area contributed by atoms with Gasteiger partial charge in [0.15, 0.2) is 0 Å². The number of ether oxygens (including phenoxy) is 4. The van der Waals surface area contributed by atoms with Crippen molar-refractivity contribution in [2.24, 2.45) is 0 Å². The summed E-state index contributed by atoms with van der Waals surface area (Å²) in [6.07, 6.45) is 7.61. The molecule has 41 heavy (non-hydrogen) atoms. The van der Waals surface area contributed by atoms with Crippen LogP contribution in [0.4, 0.5) is 0 Å². The quantitative estimate of drug-likeness (QED) is 0.235. The van der Waals surface area contributed by atoms with Crippen molar-refractivity contribution in [2.75, 3.05) is 46.8 Å². The molecule has 0 bridgehead atoms. The minimum Gasteiger partial charge on any atom is -0.507 e. The summed E-state index contributed by atoms with van der Waals surface area (Å²) in [6, 6.07) is 12.4. The van der Waals surface area contributed by atoms with Crippen molar-refractivity contribution < 1.29 is 28.5 Å². The van der Waals surface area contributed by atoms with Crippen LogP contribution in [0.15, 0.2) is 45.6 Å². The van der Waals surface area contributed by atoms with Crippen LogP contribution in [0.1, 0.15) is 66.9 Å². The highest BCUT2D eigenvalue weighted by Gasteiger charge is 2.33. The molecule has 7 heteroatoms. The topological polar surface area (TPSA) is 87.4 Å². The summed E-state index contributed by atoms with van der Waals surface area (Å²) in [4.78, 5) is 13.7. The van der Waals surface area contributed by atoms with E-state index >= 15 is 0 Å². The maximum Gasteiger partial charge on any atom is 0.347 e. The van der Waals surface area contributed by atoms with Gasteiger partial charge >= 0.3 is 5.63 Å². The Balaban J connectivity index is 1.53. The molecule has 2 aliphatic rings. The van der Waals surface area contributed by atoms with E-state index in [0.717, 1.165) is 66.3 Å². The Morgan fingerprint density at radius 1 is 0.878 bits per heavy atom. The molecule has 0 radical (unpaired) electrons. The van der Waals surface area contributed by atoms with Gasteiger partial charge in [0.2, 0.25) is 0 Å². The van der Waals surface area contributed by atoms with Gasteiger partial charge in [0.25, 0.3) is 0 Å². The van der Waals surface area contributed by atoms with Crippen LogP contribution in [0, 0.1) is 6.92 Å². The fourth-order valence-corrected chi connectivity index (χ4v) is 5.74. The molecule has 3 aromatic rings. The maximum atomic E-state index is 13.7. The van der Waals surface area contributed by atoms with E-state index in [-0.39, 0.29) is 11.3 Å². The summed E-state index contributed by atoms with van der Waals surface area (Å²) >= 11 is 0. The fourth-order valence-electron chi connectivity index (χ4n) is 5.74. The second kappa shape index (κ2) is 14.2. The van der Waals surface area contributed by atoms with Crippen LogP contribution < -0.4 is 10.4 Å². The van der Waals surface area contributed by atoms with Gasteiger partial charge in [0.05, 0.1) is 33.0 Å². The van der Waals surface area contributed by atoms with Crippen molar-refractivity contribution in [3.05, 3.63) is 69.3 Å². The first-order chi connectivity index (χ1) is 20.1. The predicted octanol–water partition coefficient (Wildman–Crippen LogP) is 6.58. The van der Waals surface area contributed by atoms with Crippen LogP contribution in [-0.2, 0) is 27.1 Å². The van der Waals surface area contributed by atoms with E-state index in [1.807, 2.05) is 25.1 Å². The molecule has 1 N–H and O–H groups in total. The molecule has 0 unspecified atom stereocenters. The lowest BCUT2D eigenvalue weighted by molar-refractivity contribution is 0.0179. The molecular formula is C34H42O7. The Kier molecular flexibility index (Phi) is 10.1. The van der Waals surface area contributed by atoms with Crippen molar-refractivity contribution in [3.8, 4) is 33.8 Å². The minimum absolute atomic E-state index is 0.0440. The van der Waals surface area contributed by atoms with Crippen LogP contribution in [-0.4, -0.2) is 51.9 Å². The Morgan fingerprint density at radius 2 is 1.56 bits per heavy atom. The predicted molar refractivity (Wildman–Crippen MR) is 159 cm³/mol. The average Bonchev–Trinajstić information content (AvgIpc) is 3.80. The lowest BCUT2D eigenvalue weighted by atomic mass is 9.87. The Hall–Kier alpha value is -3.13. The van der Waals surface area contributed by atoms with Crippen LogP contribution in [0.2, 0.25) is 0 Å². The van der Waals surface area contributed by atoms with Crippen LogP contribution in [0.25, 0.3) is 22.3 Å². The van der Waals surface area contributed by atoms with Crippen LogP contribution in [0.3, 0.4) is 0 Å². The molecule has 0 aliphatic heterocycles. The molecule has 0 saturated heterocycles. The molecule has 0 spiro atoms. The minimum atomic E-state index is -0.508. The fraction of sp³-hybridized carbons (Fsp3) is 0.500. The lowest BCUT2D eigenvalue weighted by Crippen LogP contribution is -2.15. The van der Waals surface area contributed by atoms with E-state index in [4.69, 9.17) is 23.4 Å². The number of aromatic hydroxyl groups is 1. The zero-order chi connectivity index (χ0) is 28.6. The van der Waals surface area contributed by atoms with Crippen molar-refractivity contribution in [2.45, 2.75) is 64.2 Å². The highest BCUT2D eigenvalue weighted by atomic mass is 16.6. The number of hydrogen-bond acceptors (Lipinski definition) is 7. The molecule has 220 valence electrons. The zero-order valence-electron chi connectivity index (χ0n) is 24.3. The first-order valence-corrected chi connectivity index (χ1v) is 15.0. The smallest absolute Gasteiger partial charge is 0.347 e. The molecule has 1 saturated carbocycles. The number of fused-ring (bicyclic) bond motifs is 1. The third-order valence-corrected chi connectivity index (χ3v) is 8.06. The van der Waals surface area contributed by atoms with Crippen LogP contribution >= 0.6 is 0 Å². The summed E-state index contributed by atoms with van der Waals surface area (Å²) in [5.41, 5.74) is 5.15. The number of aryl methyl sites for hydroxylation is 1. The number of benzene rings is 2. The SMILES string of the molecule is COCCOCCOCCOc1c(C2CC2)cc(-c2ccccc2)c(C)c1-c1c(O)c2c(oc1=O)CCCCCC2. The molecule has 1 fully saturated rings. The summed E-state index contributed by atoms with van der Waals surface area (Å²) < 4.78 is 28.6. The van der Waals surface area contributed by atoms with Gasteiger partial charge in [0, 0.05) is 24.7 Å². The van der Waals surface area contributed by atoms with Gasteiger partial charge < -0.3 is 28.5 Å². The Morgan fingerprint density at radius 3 is 2.27 bits per heavy atom. The van der Waals surface area contributed by atoms with E-state index in [2.05, 4.69) is 18.2 Å². The molecule has 2 aliphatic carbocycles. The van der Waals surface area contributed by atoms with E-state index in [9.17, 15) is 9.90 Å². The van der Waals surface area contributed by atoms with Crippen LogP contribution in [0.5, 0.6) is 11.5 Å². The first-order valence-electron chi connectivity index (χ1n) is 15.0. The standard InChI is InChI=1S/C34H42O7/c1-23-27(24-10-6-5-7-11-24)22-28(25-14-15-25)33(40-21-20-39-19-18-38-17-16-37-2)30(23)31-32(35)26-12-8-3-4-9-13-29(26)41-34(31)36/h5-7,10-11,22,25,35H,3-4,8-9,12-21H2,1-2H3. The molecular weight excluding hydrogens is 520 g/mol. The third-order valence-electron chi connectivity index (χ3n) is 8.06. The molecule has 0 atom stereocenters. The highest BCUT2D eigenvalue weighted by molar-refractivity contribution is 5.87. The van der Waals surface area contributed by atoms with Gasteiger partial charge in [-0.1, -0.05) is 43.2 Å². The monoisotopic (exact) mass is 562 g/mol. The van der Waals surface area contributed by atoms with E-state index < -0.39 is 5.63 Å². The second-order valence-corrected chi connectivity index (χ2v) is 11.0. The molecule has 0 amide bonds. The third kappa shape index (κ3) is 7.03. The summed E-state index contributed by atoms with van der Waals surface area (Å²) in [6.45, 7) is 4.72. The summed E-state index contributed by atoms with van der Waals surface area (Å²) in [5.74, 6) is 1.67. The molecule has 5 rings (SSSR count). The van der Waals surface area contributed by atoms with E-state index in [1.54, 1.807) is 7.11 Å². The molecule has 7 nitrogen and oxygen atoms in total. The van der Waals surface area contributed by atoms with Gasteiger partial charge in [-0.05, 0) is 73.3 Å². The first kappa shape index (κ1) is 29.4. The van der Waals surface area contributed by atoms with Gasteiger partial charge in [-0.2, -0.15) is 0 Å². The van der Waals surface area contributed by atoms with E-state index in [0.29, 0.717) is 75.5 Å². The Labute approximate surface area is 242 Å². The molecule has 1 aromatic heterocycles. The summed E-state index contributed by atoms with van der Waals surface area (Å²) in [5, 5.41) is 11.7. The maximum absolute atomic E-state index is 13.7. The summed E-state index contributed by atoms with van der Waals surface area (Å²) in [7, 11) is 1.64. The van der Waals surface area contributed by atoms with Crippen molar-refractivity contribution >= 4 is 0 Å². The number of hydrogen-bond donors (Lipinski definition) is 1. The van der Waals surface area contributed by atoms with Gasteiger partial charge in [0.1, 0.15) is 29.4 Å². The van der Waals surface area contributed by atoms with E-state index in [1.165, 1.54) is 0 Å². The molecule has 1 heterocycles. The average molecular weight is 563 g/mol. The largest absolute Gasteiger partial charge is 0.507 e. The normalized spacial score (nSPS) is 15.3. The Bertz CT molecular complexity index is 1360. The van der Waals surface area contributed by atoms with Gasteiger partial charge in [-0.25, -0.2) is 4.79 Å². The van der Waals surface area contributed by atoms with Crippen molar-refractivity contribution in [1.29, 1.82) is 0 Å². The molecule has 2 aromatic carbocycles. The van der Waals surface area contributed by atoms with Crippen molar-refractivity contribution in [3.63, 3.8) is 0 Å². The van der Waals surface area contributed by atoms with Crippen molar-refractivity contribution in [1.82, 2.24) is 0 Å². The second-order valence-electron chi connectivity index (χ2n) is 11.0. The van der Waals surface area contributed by atoms with Gasteiger partial charge in [-0.3, -0.25) is 0 Å². The number of rotatable bonds is 13. The highest BCUT2D eigenvalue weighted by Crippen LogP contribution is 2.52. The number of methoxy groups -OCH3 is 1. The van der Waals surface area contributed by atoms with Gasteiger partial charge in [-0.15, -0.1) is 0 Å². The lowest BCUT2D eigenvalue weighted by Gasteiger charge is -2.23.